The zero-order chi connectivity index (χ0) is 24.9. The normalized spacial score (nSPS) is 19.7. The van der Waals surface area contributed by atoms with Crippen LogP contribution < -0.4 is 19.5 Å². The summed E-state index contributed by atoms with van der Waals surface area (Å²) in [5.41, 5.74) is -1.33. The van der Waals surface area contributed by atoms with Gasteiger partial charge in [-0.2, -0.15) is 4.39 Å². The van der Waals surface area contributed by atoms with Crippen LogP contribution in [0.1, 0.15) is 33.6 Å². The van der Waals surface area contributed by atoms with Gasteiger partial charge in [0.05, 0.1) is 12.3 Å². The van der Waals surface area contributed by atoms with E-state index >= 15 is 0 Å². The van der Waals surface area contributed by atoms with Gasteiger partial charge in [-0.05, 0) is 56.9 Å². The van der Waals surface area contributed by atoms with Crippen LogP contribution in [0.4, 0.5) is 15.8 Å². The lowest BCUT2D eigenvalue weighted by Crippen LogP contribution is -2.33. The summed E-state index contributed by atoms with van der Waals surface area (Å²) in [6.45, 7) is 5.15. The van der Waals surface area contributed by atoms with E-state index in [0.29, 0.717) is 11.6 Å². The van der Waals surface area contributed by atoms with Crippen molar-refractivity contribution in [3.05, 3.63) is 54.6 Å². The van der Waals surface area contributed by atoms with E-state index in [-0.39, 0.29) is 40.5 Å². The van der Waals surface area contributed by atoms with Gasteiger partial charge in [0.1, 0.15) is 16.4 Å². The summed E-state index contributed by atoms with van der Waals surface area (Å²) in [6, 6.07) is 10.4. The van der Waals surface area contributed by atoms with Gasteiger partial charge < -0.3 is 14.8 Å². The second-order valence-corrected chi connectivity index (χ2v) is 10.9. The van der Waals surface area contributed by atoms with Gasteiger partial charge in [-0.3, -0.25) is 9.52 Å². The largest absolute Gasteiger partial charge is 0.492 e. The molecule has 1 fully saturated rings. The first-order valence-electron chi connectivity index (χ1n) is 11.0. The molecule has 2 unspecified atom stereocenters. The van der Waals surface area contributed by atoms with Gasteiger partial charge >= 0.3 is 0 Å². The Morgan fingerprint density at radius 3 is 2.62 bits per heavy atom. The molecule has 0 heterocycles. The van der Waals surface area contributed by atoms with Crippen molar-refractivity contribution in [1.29, 1.82) is 0 Å². The van der Waals surface area contributed by atoms with Crippen LogP contribution in [0.3, 0.4) is 0 Å². The molecule has 1 aliphatic rings. The van der Waals surface area contributed by atoms with E-state index in [4.69, 9.17) is 9.47 Å². The summed E-state index contributed by atoms with van der Waals surface area (Å²) in [6.07, 6.45) is 5.69. The lowest BCUT2D eigenvalue weighted by Gasteiger charge is -2.32. The number of hydrogen-bond donors (Lipinski definition) is 2. The molecule has 1 saturated carbocycles. The number of anilines is 2. The fraction of sp³-hybridized carbons (Fsp3) is 0.375. The molecular formula is C24H30FN2O5PS. The SMILES string of the molecule is C/C=C\C1CC(C(=O)Nc2ccc(S(=O)(=O)Nc3cccc(OC(C)(F)P)c3)c(OCC)c2)C1. The van der Waals surface area contributed by atoms with E-state index < -0.39 is 15.6 Å². The maximum atomic E-state index is 13.8. The molecule has 184 valence electrons. The summed E-state index contributed by atoms with van der Waals surface area (Å²) >= 11 is 0. The minimum Gasteiger partial charge on any atom is -0.492 e. The standard InChI is InChI=1S/C24H30FN2O5PS/c1-4-7-16-12-17(13-16)23(28)26-18-10-11-22(21(15-18)31-5-2)34(29,30)27-19-8-6-9-20(14-19)32-24(3,25)33/h4,6-11,14-17,27H,5,12-13,33H2,1-3H3,(H,26,28)/b7-4-. The van der Waals surface area contributed by atoms with Crippen molar-refractivity contribution in [1.82, 2.24) is 0 Å². The number of carbonyl (C=O) groups excluding carboxylic acids is 1. The van der Waals surface area contributed by atoms with E-state index in [0.717, 1.165) is 12.8 Å². The summed E-state index contributed by atoms with van der Waals surface area (Å²) in [5, 5.41) is 2.85. The predicted octanol–water partition coefficient (Wildman–Crippen LogP) is 5.32. The zero-order valence-electron chi connectivity index (χ0n) is 19.4. The van der Waals surface area contributed by atoms with E-state index in [1.54, 1.807) is 13.0 Å². The molecule has 2 aromatic carbocycles. The molecule has 10 heteroatoms. The average molecular weight is 509 g/mol. The highest BCUT2D eigenvalue weighted by Gasteiger charge is 2.33. The molecule has 0 spiro atoms. The number of sulfonamides is 1. The molecule has 2 atom stereocenters. The minimum atomic E-state index is -4.05. The Morgan fingerprint density at radius 1 is 1.24 bits per heavy atom. The number of ether oxygens (including phenoxy) is 2. The maximum absolute atomic E-state index is 13.8. The molecule has 0 aromatic heterocycles. The van der Waals surface area contributed by atoms with Gasteiger partial charge in [-0.15, -0.1) is 0 Å². The number of benzene rings is 2. The van der Waals surface area contributed by atoms with Crippen molar-refractivity contribution in [3.63, 3.8) is 0 Å². The molecule has 34 heavy (non-hydrogen) atoms. The topological polar surface area (TPSA) is 93.7 Å². The van der Waals surface area contributed by atoms with Crippen molar-refractivity contribution in [2.75, 3.05) is 16.6 Å². The van der Waals surface area contributed by atoms with E-state index in [1.165, 1.54) is 43.3 Å². The van der Waals surface area contributed by atoms with Crippen molar-refractivity contribution >= 4 is 36.5 Å². The van der Waals surface area contributed by atoms with Crippen LogP contribution in [-0.2, 0) is 14.8 Å². The molecule has 0 aliphatic heterocycles. The molecule has 2 N–H and O–H groups in total. The van der Waals surface area contributed by atoms with Gasteiger partial charge in [0, 0.05) is 30.7 Å². The maximum Gasteiger partial charge on any atom is 0.265 e. The summed E-state index contributed by atoms with van der Waals surface area (Å²) in [4.78, 5) is 12.4. The summed E-state index contributed by atoms with van der Waals surface area (Å²) in [5.74, 6) is 0.543. The first-order valence-corrected chi connectivity index (χ1v) is 13.1. The molecule has 0 radical (unpaired) electrons. The Balaban J connectivity index is 1.76. The molecule has 0 saturated heterocycles. The smallest absolute Gasteiger partial charge is 0.265 e. The Labute approximate surface area is 202 Å². The number of nitrogens with one attached hydrogen (secondary N) is 2. The van der Waals surface area contributed by atoms with Crippen LogP contribution in [0, 0.1) is 11.8 Å². The van der Waals surface area contributed by atoms with Crippen molar-refractivity contribution in [3.8, 4) is 11.5 Å². The fourth-order valence-corrected chi connectivity index (χ4v) is 5.00. The fourth-order valence-electron chi connectivity index (χ4n) is 3.69. The number of amides is 1. The third kappa shape index (κ3) is 6.93. The highest BCUT2D eigenvalue weighted by molar-refractivity contribution is 7.92. The van der Waals surface area contributed by atoms with Crippen molar-refractivity contribution in [2.24, 2.45) is 11.8 Å². The highest BCUT2D eigenvalue weighted by Crippen LogP contribution is 2.36. The summed E-state index contributed by atoms with van der Waals surface area (Å²) < 4.78 is 53.1. The number of rotatable bonds is 10. The van der Waals surface area contributed by atoms with Crippen LogP contribution in [0.2, 0.25) is 0 Å². The molecule has 3 rings (SSSR count). The predicted molar refractivity (Wildman–Crippen MR) is 134 cm³/mol. The lowest BCUT2D eigenvalue weighted by atomic mass is 9.74. The molecular weight excluding hydrogens is 478 g/mol. The third-order valence-corrected chi connectivity index (χ3v) is 6.75. The minimum absolute atomic E-state index is 0.0657. The van der Waals surface area contributed by atoms with Gasteiger partial charge in [0.25, 0.3) is 15.6 Å². The Morgan fingerprint density at radius 2 is 1.97 bits per heavy atom. The van der Waals surface area contributed by atoms with Crippen LogP contribution in [0.5, 0.6) is 11.5 Å². The van der Waals surface area contributed by atoms with Crippen LogP contribution in [0.25, 0.3) is 0 Å². The van der Waals surface area contributed by atoms with Gasteiger partial charge in [0.15, 0.2) is 0 Å². The van der Waals surface area contributed by atoms with E-state index in [2.05, 4.69) is 16.1 Å². The van der Waals surface area contributed by atoms with Crippen molar-refractivity contribution < 1.29 is 27.1 Å². The van der Waals surface area contributed by atoms with Gasteiger partial charge in [0.2, 0.25) is 5.91 Å². The first-order chi connectivity index (χ1) is 16.0. The molecule has 7 nitrogen and oxygen atoms in total. The van der Waals surface area contributed by atoms with Crippen LogP contribution in [0.15, 0.2) is 59.5 Å². The summed E-state index contributed by atoms with van der Waals surface area (Å²) in [7, 11) is -2.13. The number of hydrogen-bond acceptors (Lipinski definition) is 5. The number of carbonyl (C=O) groups is 1. The van der Waals surface area contributed by atoms with Crippen LogP contribution in [-0.4, -0.2) is 26.5 Å². The van der Waals surface area contributed by atoms with Crippen LogP contribution >= 0.6 is 9.24 Å². The Bertz CT molecular complexity index is 1160. The second kappa shape index (κ2) is 10.7. The number of halogens is 1. The third-order valence-electron chi connectivity index (χ3n) is 5.21. The monoisotopic (exact) mass is 508 g/mol. The number of allylic oxidation sites excluding steroid dienone is 2. The zero-order valence-corrected chi connectivity index (χ0v) is 21.3. The average Bonchev–Trinajstić information content (AvgIpc) is 2.69. The van der Waals surface area contributed by atoms with Gasteiger partial charge in [-0.1, -0.05) is 27.5 Å². The van der Waals surface area contributed by atoms with Crippen molar-refractivity contribution in [2.45, 2.75) is 44.1 Å². The molecule has 2 aromatic rings. The van der Waals surface area contributed by atoms with E-state index in [1.807, 2.05) is 22.2 Å². The van der Waals surface area contributed by atoms with Gasteiger partial charge in [-0.25, -0.2) is 8.42 Å². The highest BCUT2D eigenvalue weighted by atomic mass is 32.2. The number of alkyl halides is 1. The first kappa shape index (κ1) is 26.0. The Kier molecular flexibility index (Phi) is 8.21. The quantitative estimate of drug-likeness (QED) is 0.335. The second-order valence-electron chi connectivity index (χ2n) is 8.26. The Hall–Kier alpha value is -2.64. The lowest BCUT2D eigenvalue weighted by molar-refractivity contribution is -0.123. The molecule has 0 bridgehead atoms. The molecule has 1 aliphatic carbocycles. The van der Waals surface area contributed by atoms with E-state index in [9.17, 15) is 17.6 Å². The molecule has 1 amide bonds.